The Labute approximate surface area is 124 Å². The van der Waals surface area contributed by atoms with Gasteiger partial charge in [-0.3, -0.25) is 4.79 Å². The fourth-order valence-electron chi connectivity index (χ4n) is 1.87. The smallest absolute Gasteiger partial charge is 0.275 e. The minimum atomic E-state index is -0.283. The maximum Gasteiger partial charge on any atom is 0.275 e. The fourth-order valence-corrected chi connectivity index (χ4v) is 1.87. The Morgan fingerprint density at radius 1 is 1.10 bits per heavy atom. The monoisotopic (exact) mass is 282 g/mol. The molecule has 2 rings (SSSR count). The number of ether oxygens (including phenoxy) is 1. The molecule has 4 nitrogen and oxygen atoms in total. The van der Waals surface area contributed by atoms with Gasteiger partial charge in [-0.15, -0.1) is 0 Å². The number of para-hydroxylation sites is 1. The van der Waals surface area contributed by atoms with E-state index in [1.807, 2.05) is 50.2 Å². The van der Waals surface area contributed by atoms with Gasteiger partial charge in [0.1, 0.15) is 5.75 Å². The van der Waals surface area contributed by atoms with E-state index in [1.165, 1.54) is 0 Å². The molecule has 21 heavy (non-hydrogen) atoms. The van der Waals surface area contributed by atoms with Gasteiger partial charge < -0.3 is 4.74 Å². The van der Waals surface area contributed by atoms with Crippen molar-refractivity contribution in [3.8, 4) is 5.75 Å². The van der Waals surface area contributed by atoms with E-state index in [-0.39, 0.29) is 5.91 Å². The van der Waals surface area contributed by atoms with E-state index in [0.717, 1.165) is 11.3 Å². The molecule has 0 aliphatic carbocycles. The van der Waals surface area contributed by atoms with Crippen LogP contribution in [-0.4, -0.2) is 18.2 Å². The maximum atomic E-state index is 12.2. The molecule has 0 spiro atoms. The lowest BCUT2D eigenvalue weighted by molar-refractivity contribution is 0.0951. The summed E-state index contributed by atoms with van der Waals surface area (Å²) in [5.41, 5.74) is 4.76. The second-order valence-corrected chi connectivity index (χ2v) is 4.43. The largest absolute Gasteiger partial charge is 0.493 e. The average Bonchev–Trinajstić information content (AvgIpc) is 2.54. The zero-order chi connectivity index (χ0) is 15.1. The Balaban J connectivity index is 2.12. The Bertz CT molecular complexity index is 636. The van der Waals surface area contributed by atoms with Crippen LogP contribution in [-0.2, 0) is 0 Å². The molecule has 2 aromatic rings. The molecule has 0 aromatic heterocycles. The van der Waals surface area contributed by atoms with Gasteiger partial charge in [0, 0.05) is 0 Å². The molecule has 0 saturated carbocycles. The summed E-state index contributed by atoms with van der Waals surface area (Å²) in [4.78, 5) is 12.2. The summed E-state index contributed by atoms with van der Waals surface area (Å²) in [6, 6.07) is 16.8. The predicted molar refractivity (Wildman–Crippen MR) is 83.7 cm³/mol. The third kappa shape index (κ3) is 3.92. The summed E-state index contributed by atoms with van der Waals surface area (Å²) >= 11 is 0. The van der Waals surface area contributed by atoms with Crippen molar-refractivity contribution in [2.24, 2.45) is 5.10 Å². The van der Waals surface area contributed by atoms with Crippen LogP contribution >= 0.6 is 0 Å². The van der Waals surface area contributed by atoms with Crippen LogP contribution < -0.4 is 10.2 Å². The lowest BCUT2D eigenvalue weighted by Gasteiger charge is -2.08. The van der Waals surface area contributed by atoms with Crippen LogP contribution in [0.3, 0.4) is 0 Å². The highest BCUT2D eigenvalue weighted by atomic mass is 16.5. The van der Waals surface area contributed by atoms with Crippen LogP contribution in [0.1, 0.15) is 29.8 Å². The van der Waals surface area contributed by atoms with Crippen molar-refractivity contribution >= 4 is 11.6 Å². The van der Waals surface area contributed by atoms with Crippen molar-refractivity contribution in [3.05, 3.63) is 65.7 Å². The van der Waals surface area contributed by atoms with E-state index in [2.05, 4.69) is 10.5 Å². The first kappa shape index (κ1) is 14.8. The molecule has 0 aliphatic heterocycles. The lowest BCUT2D eigenvalue weighted by atomic mass is 10.1. The van der Waals surface area contributed by atoms with E-state index in [1.54, 1.807) is 18.2 Å². The lowest BCUT2D eigenvalue weighted by Crippen LogP contribution is -2.20. The molecular formula is C17H18N2O2. The van der Waals surface area contributed by atoms with Crippen LogP contribution in [0, 0.1) is 0 Å². The third-order valence-corrected chi connectivity index (χ3v) is 2.95. The number of nitrogens with zero attached hydrogens (tertiary/aromatic N) is 1. The van der Waals surface area contributed by atoms with Crippen LogP contribution in [0.5, 0.6) is 5.75 Å². The van der Waals surface area contributed by atoms with Crippen molar-refractivity contribution < 1.29 is 9.53 Å². The van der Waals surface area contributed by atoms with Gasteiger partial charge in [0.15, 0.2) is 0 Å². The summed E-state index contributed by atoms with van der Waals surface area (Å²) in [6.07, 6.45) is 0. The molecule has 2 aromatic carbocycles. The van der Waals surface area contributed by atoms with Gasteiger partial charge in [0.2, 0.25) is 0 Å². The van der Waals surface area contributed by atoms with Gasteiger partial charge in [-0.1, -0.05) is 42.5 Å². The highest BCUT2D eigenvalue weighted by molar-refractivity contribution is 6.01. The van der Waals surface area contributed by atoms with Gasteiger partial charge >= 0.3 is 0 Å². The molecule has 0 bridgehead atoms. The van der Waals surface area contributed by atoms with E-state index >= 15 is 0 Å². The summed E-state index contributed by atoms with van der Waals surface area (Å²) in [6.45, 7) is 4.24. The van der Waals surface area contributed by atoms with Crippen molar-refractivity contribution in [1.82, 2.24) is 5.43 Å². The number of nitrogens with one attached hydrogen (secondary N) is 1. The molecule has 1 N–H and O–H groups in total. The number of rotatable bonds is 5. The van der Waals surface area contributed by atoms with Crippen molar-refractivity contribution in [3.63, 3.8) is 0 Å². The number of carbonyl (C=O) groups excluding carboxylic acids is 1. The van der Waals surface area contributed by atoms with Crippen molar-refractivity contribution in [2.75, 3.05) is 6.61 Å². The van der Waals surface area contributed by atoms with Crippen LogP contribution in [0.25, 0.3) is 0 Å². The second kappa shape index (κ2) is 7.24. The summed E-state index contributed by atoms with van der Waals surface area (Å²) < 4.78 is 5.44. The number of carbonyl (C=O) groups is 1. The van der Waals surface area contributed by atoms with Crippen LogP contribution in [0.4, 0.5) is 0 Å². The van der Waals surface area contributed by atoms with Gasteiger partial charge in [0.05, 0.1) is 17.9 Å². The fraction of sp³-hybridized carbons (Fsp3) is 0.176. The molecule has 0 saturated heterocycles. The average molecular weight is 282 g/mol. The van der Waals surface area contributed by atoms with Gasteiger partial charge in [0.25, 0.3) is 5.91 Å². The molecule has 108 valence electrons. The molecule has 0 radical (unpaired) electrons. The maximum absolute atomic E-state index is 12.2. The molecular weight excluding hydrogens is 264 g/mol. The number of hydrazone groups is 1. The minimum Gasteiger partial charge on any atom is -0.493 e. The molecule has 0 atom stereocenters. The summed E-state index contributed by atoms with van der Waals surface area (Å²) in [7, 11) is 0. The molecule has 0 aliphatic rings. The summed E-state index contributed by atoms with van der Waals surface area (Å²) in [5, 5.41) is 4.13. The van der Waals surface area contributed by atoms with Crippen molar-refractivity contribution in [2.45, 2.75) is 13.8 Å². The minimum absolute atomic E-state index is 0.283. The molecule has 4 heteroatoms. The van der Waals surface area contributed by atoms with Crippen molar-refractivity contribution in [1.29, 1.82) is 0 Å². The van der Waals surface area contributed by atoms with Gasteiger partial charge in [-0.25, -0.2) is 5.43 Å². The zero-order valence-electron chi connectivity index (χ0n) is 12.2. The molecule has 0 fully saturated rings. The highest BCUT2D eigenvalue weighted by Gasteiger charge is 2.11. The number of benzene rings is 2. The first-order chi connectivity index (χ1) is 10.2. The van der Waals surface area contributed by atoms with Gasteiger partial charge in [-0.2, -0.15) is 5.10 Å². The zero-order valence-corrected chi connectivity index (χ0v) is 12.2. The Hall–Kier alpha value is -2.62. The van der Waals surface area contributed by atoms with Gasteiger partial charge in [-0.05, 0) is 31.5 Å². The summed E-state index contributed by atoms with van der Waals surface area (Å²) in [5.74, 6) is 0.277. The highest BCUT2D eigenvalue weighted by Crippen LogP contribution is 2.17. The van der Waals surface area contributed by atoms with E-state index in [4.69, 9.17) is 4.74 Å². The Kier molecular flexibility index (Phi) is 5.10. The third-order valence-electron chi connectivity index (χ3n) is 2.95. The van der Waals surface area contributed by atoms with Crippen LogP contribution in [0.15, 0.2) is 59.7 Å². The quantitative estimate of drug-likeness (QED) is 0.676. The first-order valence-electron chi connectivity index (χ1n) is 6.84. The molecule has 0 unspecified atom stereocenters. The Morgan fingerprint density at radius 3 is 2.48 bits per heavy atom. The standard InChI is InChI=1S/C17H18N2O2/c1-3-21-16-12-8-7-11-15(16)17(20)19-18-13(2)14-9-5-4-6-10-14/h4-12H,3H2,1-2H3,(H,19,20)/b18-13-. The van der Waals surface area contributed by atoms with E-state index < -0.39 is 0 Å². The van der Waals surface area contributed by atoms with E-state index in [9.17, 15) is 4.79 Å². The number of hydrogen-bond donors (Lipinski definition) is 1. The first-order valence-corrected chi connectivity index (χ1v) is 6.84. The van der Waals surface area contributed by atoms with E-state index in [0.29, 0.717) is 17.9 Å². The van der Waals surface area contributed by atoms with Crippen LogP contribution in [0.2, 0.25) is 0 Å². The predicted octanol–water partition coefficient (Wildman–Crippen LogP) is 3.24. The second-order valence-electron chi connectivity index (χ2n) is 4.43. The SMILES string of the molecule is CCOc1ccccc1C(=O)N/N=C(/C)c1ccccc1. The molecule has 1 amide bonds. The topological polar surface area (TPSA) is 50.7 Å². The number of amides is 1. The normalized spacial score (nSPS) is 11.0. The molecule has 0 heterocycles. The Morgan fingerprint density at radius 2 is 1.76 bits per heavy atom. The number of hydrogen-bond acceptors (Lipinski definition) is 3.